The molecule has 17 heavy (non-hydrogen) atoms. The number of hydrogen-bond acceptors (Lipinski definition) is 3. The molecule has 3 nitrogen and oxygen atoms in total. The molecule has 88 valence electrons. The number of halogens is 1. The maximum atomic E-state index is 11.0. The zero-order chi connectivity index (χ0) is 12.6. The molecule has 2 aromatic rings. The number of benzene rings is 1. The number of carboxylic acid groups (broad SMARTS) is 1. The Labute approximate surface area is 111 Å². The minimum atomic E-state index is -0.973. The molecule has 0 spiro atoms. The maximum absolute atomic E-state index is 11.0. The third-order valence-corrected chi connectivity index (χ3v) is 4.37. The van der Waals surface area contributed by atoms with Gasteiger partial charge < -0.3 is 10.8 Å². The van der Waals surface area contributed by atoms with Crippen LogP contribution in [0.3, 0.4) is 0 Å². The standard InChI is InChI=1S/C12H10BrNO2S/c1-6-9(14)11(12(15)16)17-10(6)7-2-4-8(13)5-3-7/h2-5H,14H2,1H3,(H,15,16). The Hall–Kier alpha value is -1.33. The van der Waals surface area contributed by atoms with Crippen LogP contribution in [0.15, 0.2) is 28.7 Å². The van der Waals surface area contributed by atoms with Gasteiger partial charge in [0.15, 0.2) is 0 Å². The van der Waals surface area contributed by atoms with Crippen molar-refractivity contribution in [3.05, 3.63) is 39.2 Å². The van der Waals surface area contributed by atoms with Gasteiger partial charge in [0.2, 0.25) is 0 Å². The van der Waals surface area contributed by atoms with Crippen LogP contribution in [-0.4, -0.2) is 11.1 Å². The van der Waals surface area contributed by atoms with Gasteiger partial charge in [0.25, 0.3) is 0 Å². The van der Waals surface area contributed by atoms with Gasteiger partial charge in [-0.05, 0) is 30.2 Å². The molecule has 0 aliphatic carbocycles. The predicted molar refractivity (Wildman–Crippen MR) is 73.6 cm³/mol. The second-order valence-corrected chi connectivity index (χ2v) is 5.55. The molecule has 0 radical (unpaired) electrons. The van der Waals surface area contributed by atoms with Crippen molar-refractivity contribution >= 4 is 38.9 Å². The Bertz CT molecular complexity index is 575. The summed E-state index contributed by atoms with van der Waals surface area (Å²) in [4.78, 5) is 12.1. The third kappa shape index (κ3) is 2.21. The number of carboxylic acids is 1. The highest BCUT2D eigenvalue weighted by atomic mass is 79.9. The molecule has 0 atom stereocenters. The third-order valence-electron chi connectivity index (χ3n) is 2.49. The van der Waals surface area contributed by atoms with Crippen molar-refractivity contribution in [2.45, 2.75) is 6.92 Å². The van der Waals surface area contributed by atoms with E-state index >= 15 is 0 Å². The van der Waals surface area contributed by atoms with Crippen LogP contribution < -0.4 is 5.73 Å². The van der Waals surface area contributed by atoms with E-state index in [1.54, 1.807) is 0 Å². The lowest BCUT2D eigenvalue weighted by atomic mass is 10.1. The molecule has 1 aromatic carbocycles. The van der Waals surface area contributed by atoms with Crippen LogP contribution in [0.25, 0.3) is 10.4 Å². The number of nitrogens with two attached hydrogens (primary N) is 1. The Balaban J connectivity index is 2.56. The largest absolute Gasteiger partial charge is 0.477 e. The van der Waals surface area contributed by atoms with E-state index in [0.29, 0.717) is 5.69 Å². The van der Waals surface area contributed by atoms with Gasteiger partial charge in [-0.15, -0.1) is 11.3 Å². The molecule has 1 heterocycles. The topological polar surface area (TPSA) is 63.3 Å². The molecule has 5 heteroatoms. The first-order valence-corrected chi connectivity index (χ1v) is 6.49. The zero-order valence-corrected chi connectivity index (χ0v) is 11.4. The summed E-state index contributed by atoms with van der Waals surface area (Å²) in [7, 11) is 0. The van der Waals surface area contributed by atoms with Crippen molar-refractivity contribution in [1.29, 1.82) is 0 Å². The lowest BCUT2D eigenvalue weighted by Gasteiger charge is -2.00. The van der Waals surface area contributed by atoms with E-state index in [1.807, 2.05) is 31.2 Å². The SMILES string of the molecule is Cc1c(-c2ccc(Br)cc2)sc(C(=O)O)c1N. The molecule has 0 unspecified atom stereocenters. The minimum Gasteiger partial charge on any atom is -0.477 e. The highest BCUT2D eigenvalue weighted by molar-refractivity contribution is 9.10. The second kappa shape index (κ2) is 4.50. The van der Waals surface area contributed by atoms with E-state index in [2.05, 4.69) is 15.9 Å². The minimum absolute atomic E-state index is 0.209. The van der Waals surface area contributed by atoms with Crippen molar-refractivity contribution < 1.29 is 9.90 Å². The number of aromatic carboxylic acids is 1. The van der Waals surface area contributed by atoms with Crippen LogP contribution in [0, 0.1) is 6.92 Å². The van der Waals surface area contributed by atoms with Gasteiger partial charge >= 0.3 is 5.97 Å². The Morgan fingerprint density at radius 1 is 1.35 bits per heavy atom. The first-order valence-electron chi connectivity index (χ1n) is 4.89. The van der Waals surface area contributed by atoms with Gasteiger partial charge in [0, 0.05) is 9.35 Å². The molecule has 3 N–H and O–H groups in total. The monoisotopic (exact) mass is 311 g/mol. The molecule has 0 aliphatic heterocycles. The molecular weight excluding hydrogens is 302 g/mol. The molecule has 0 aliphatic rings. The average molecular weight is 312 g/mol. The predicted octanol–water partition coefficient (Wildman–Crippen LogP) is 3.77. The second-order valence-electron chi connectivity index (χ2n) is 3.61. The Morgan fingerprint density at radius 2 is 1.94 bits per heavy atom. The summed E-state index contributed by atoms with van der Waals surface area (Å²) >= 11 is 4.58. The van der Waals surface area contributed by atoms with Crippen LogP contribution >= 0.6 is 27.3 Å². The zero-order valence-electron chi connectivity index (χ0n) is 9.03. The van der Waals surface area contributed by atoms with Crippen molar-refractivity contribution in [2.24, 2.45) is 0 Å². The number of anilines is 1. The van der Waals surface area contributed by atoms with E-state index in [9.17, 15) is 4.79 Å². The van der Waals surface area contributed by atoms with E-state index in [0.717, 1.165) is 20.5 Å². The van der Waals surface area contributed by atoms with Gasteiger partial charge in [0.05, 0.1) is 5.69 Å². The maximum Gasteiger partial charge on any atom is 0.348 e. The molecule has 0 amide bonds. The van der Waals surface area contributed by atoms with Crippen LogP contribution in [-0.2, 0) is 0 Å². The number of hydrogen-bond donors (Lipinski definition) is 2. The lowest BCUT2D eigenvalue weighted by Crippen LogP contribution is -1.97. The highest BCUT2D eigenvalue weighted by Crippen LogP contribution is 2.38. The van der Waals surface area contributed by atoms with Crippen molar-refractivity contribution in [2.75, 3.05) is 5.73 Å². The first kappa shape index (κ1) is 12.1. The summed E-state index contributed by atoms with van der Waals surface area (Å²) in [5.74, 6) is -0.973. The van der Waals surface area contributed by atoms with Gasteiger partial charge in [-0.2, -0.15) is 0 Å². The average Bonchev–Trinajstić information content (AvgIpc) is 2.58. The molecule has 1 aromatic heterocycles. The van der Waals surface area contributed by atoms with Crippen LogP contribution in [0.2, 0.25) is 0 Å². The van der Waals surface area contributed by atoms with Crippen LogP contribution in [0.5, 0.6) is 0 Å². The van der Waals surface area contributed by atoms with Gasteiger partial charge in [-0.25, -0.2) is 4.79 Å². The van der Waals surface area contributed by atoms with Crippen molar-refractivity contribution in [1.82, 2.24) is 0 Å². The van der Waals surface area contributed by atoms with Crippen molar-refractivity contribution in [3.63, 3.8) is 0 Å². The Kier molecular flexibility index (Phi) is 3.22. The molecule has 0 saturated carbocycles. The highest BCUT2D eigenvalue weighted by Gasteiger charge is 2.18. The number of nitrogen functional groups attached to an aromatic ring is 1. The Morgan fingerprint density at radius 3 is 2.41 bits per heavy atom. The van der Waals surface area contributed by atoms with Gasteiger partial charge in [-0.1, -0.05) is 28.1 Å². The van der Waals surface area contributed by atoms with E-state index in [-0.39, 0.29) is 4.88 Å². The van der Waals surface area contributed by atoms with Crippen LogP contribution in [0.4, 0.5) is 5.69 Å². The van der Waals surface area contributed by atoms with E-state index < -0.39 is 5.97 Å². The summed E-state index contributed by atoms with van der Waals surface area (Å²) in [6.07, 6.45) is 0. The van der Waals surface area contributed by atoms with Gasteiger partial charge in [-0.3, -0.25) is 0 Å². The molecule has 0 bridgehead atoms. The van der Waals surface area contributed by atoms with Crippen LogP contribution in [0.1, 0.15) is 15.2 Å². The molecule has 0 fully saturated rings. The molecular formula is C12H10BrNO2S. The molecule has 2 rings (SSSR count). The number of carbonyl (C=O) groups is 1. The fraction of sp³-hybridized carbons (Fsp3) is 0.0833. The van der Waals surface area contributed by atoms with E-state index in [1.165, 1.54) is 11.3 Å². The smallest absolute Gasteiger partial charge is 0.348 e. The lowest BCUT2D eigenvalue weighted by molar-refractivity contribution is 0.0703. The summed E-state index contributed by atoms with van der Waals surface area (Å²) in [5, 5.41) is 9.02. The fourth-order valence-electron chi connectivity index (χ4n) is 1.56. The summed E-state index contributed by atoms with van der Waals surface area (Å²) in [6.45, 7) is 1.84. The normalized spacial score (nSPS) is 10.5. The summed E-state index contributed by atoms with van der Waals surface area (Å²) < 4.78 is 0.988. The van der Waals surface area contributed by atoms with Gasteiger partial charge in [0.1, 0.15) is 4.88 Å². The quantitative estimate of drug-likeness (QED) is 0.887. The summed E-state index contributed by atoms with van der Waals surface area (Å²) in [6, 6.07) is 7.72. The number of thiophene rings is 1. The van der Waals surface area contributed by atoms with Crippen molar-refractivity contribution in [3.8, 4) is 10.4 Å². The first-order chi connectivity index (χ1) is 8.00. The van der Waals surface area contributed by atoms with E-state index in [4.69, 9.17) is 10.8 Å². The molecule has 0 saturated heterocycles. The number of rotatable bonds is 2. The summed E-state index contributed by atoms with van der Waals surface area (Å²) in [5.41, 5.74) is 7.96. The fourth-order valence-corrected chi connectivity index (χ4v) is 2.90.